The fraction of sp³-hybridized carbons (Fsp3) is 0.750. The van der Waals surface area contributed by atoms with Gasteiger partial charge in [-0.25, -0.2) is 4.98 Å². The van der Waals surface area contributed by atoms with Gasteiger partial charge in [0, 0.05) is 30.1 Å². The summed E-state index contributed by atoms with van der Waals surface area (Å²) in [6.07, 6.45) is 1.24. The van der Waals surface area contributed by atoms with Crippen LogP contribution in [0.3, 0.4) is 0 Å². The fourth-order valence-electron chi connectivity index (χ4n) is 2.33. The minimum atomic E-state index is 0.369. The molecule has 3 unspecified atom stereocenters. The van der Waals surface area contributed by atoms with Crippen LogP contribution in [0, 0.1) is 6.92 Å². The Bertz CT molecular complexity index is 340. The van der Waals surface area contributed by atoms with E-state index < -0.39 is 0 Å². The van der Waals surface area contributed by atoms with Gasteiger partial charge in [0.25, 0.3) is 0 Å². The highest BCUT2D eigenvalue weighted by Crippen LogP contribution is 2.20. The number of likely N-dealkylation sites (tertiary alicyclic amines) is 1. The molecule has 1 aliphatic rings. The van der Waals surface area contributed by atoms with E-state index in [1.807, 2.05) is 0 Å². The van der Waals surface area contributed by atoms with Crippen molar-refractivity contribution >= 4 is 11.3 Å². The minimum absolute atomic E-state index is 0.369. The van der Waals surface area contributed by atoms with Crippen molar-refractivity contribution in [3.05, 3.63) is 16.1 Å². The van der Waals surface area contributed by atoms with E-state index in [0.29, 0.717) is 18.1 Å². The third kappa shape index (κ3) is 2.62. The van der Waals surface area contributed by atoms with E-state index in [1.165, 1.54) is 12.1 Å². The van der Waals surface area contributed by atoms with Crippen LogP contribution in [0.25, 0.3) is 0 Å². The van der Waals surface area contributed by atoms with Gasteiger partial charge in [-0.3, -0.25) is 0 Å². The summed E-state index contributed by atoms with van der Waals surface area (Å²) in [6.45, 7) is 7.71. The molecule has 0 aromatic carbocycles. The molecular weight excluding hydrogens is 218 g/mol. The fourth-order valence-corrected chi connectivity index (χ4v) is 3.04. The Morgan fingerprint density at radius 2 is 2.38 bits per heavy atom. The Morgan fingerprint density at radius 3 is 2.88 bits per heavy atom. The number of nitrogens with zero attached hydrogens (tertiary/aromatic N) is 2. The zero-order valence-corrected chi connectivity index (χ0v) is 11.3. The lowest BCUT2D eigenvalue weighted by atomic mass is 10.1. The quantitative estimate of drug-likeness (QED) is 0.876. The molecule has 1 N–H and O–H groups in total. The average molecular weight is 239 g/mol. The van der Waals surface area contributed by atoms with Crippen molar-refractivity contribution in [1.82, 2.24) is 15.2 Å². The molecule has 3 atom stereocenters. The summed E-state index contributed by atoms with van der Waals surface area (Å²) in [4.78, 5) is 6.95. The van der Waals surface area contributed by atoms with Gasteiger partial charge >= 0.3 is 0 Å². The first kappa shape index (κ1) is 12.0. The summed E-state index contributed by atoms with van der Waals surface area (Å²) < 4.78 is 0. The van der Waals surface area contributed by atoms with Crippen LogP contribution in [0.5, 0.6) is 0 Å². The third-order valence-corrected chi connectivity index (χ3v) is 4.24. The van der Waals surface area contributed by atoms with Gasteiger partial charge in [0.2, 0.25) is 0 Å². The SMILES string of the molecule is Cc1nc(C(C)NC2CC(C)N(C)C2)cs1. The molecule has 0 bridgehead atoms. The Balaban J connectivity index is 1.91. The van der Waals surface area contributed by atoms with Crippen molar-refractivity contribution in [2.45, 2.75) is 45.3 Å². The highest BCUT2D eigenvalue weighted by atomic mass is 32.1. The predicted molar refractivity (Wildman–Crippen MR) is 68.9 cm³/mol. The second-order valence-corrected chi connectivity index (χ2v) is 5.96. The first-order valence-corrected chi connectivity index (χ1v) is 6.82. The second kappa shape index (κ2) is 4.82. The van der Waals surface area contributed by atoms with Crippen LogP contribution in [0.1, 0.15) is 37.0 Å². The maximum Gasteiger partial charge on any atom is 0.0898 e. The maximum absolute atomic E-state index is 4.53. The van der Waals surface area contributed by atoms with E-state index in [2.05, 4.69) is 48.4 Å². The van der Waals surface area contributed by atoms with Gasteiger partial charge in [-0.2, -0.15) is 0 Å². The summed E-state index contributed by atoms with van der Waals surface area (Å²) in [7, 11) is 2.20. The molecular formula is C12H21N3S. The smallest absolute Gasteiger partial charge is 0.0898 e. The van der Waals surface area contributed by atoms with Crippen LogP contribution < -0.4 is 5.32 Å². The molecule has 1 aliphatic heterocycles. The second-order valence-electron chi connectivity index (χ2n) is 4.90. The van der Waals surface area contributed by atoms with Gasteiger partial charge in [-0.15, -0.1) is 11.3 Å². The number of aromatic nitrogens is 1. The number of hydrogen-bond donors (Lipinski definition) is 1. The molecule has 16 heavy (non-hydrogen) atoms. The highest BCUT2D eigenvalue weighted by molar-refractivity contribution is 7.09. The molecule has 2 heterocycles. The molecule has 0 saturated carbocycles. The first-order chi connectivity index (χ1) is 7.56. The molecule has 1 fully saturated rings. The molecule has 0 aliphatic carbocycles. The zero-order chi connectivity index (χ0) is 11.7. The molecule has 0 spiro atoms. The number of aryl methyl sites for hydroxylation is 1. The summed E-state index contributed by atoms with van der Waals surface area (Å²) in [5, 5.41) is 6.99. The van der Waals surface area contributed by atoms with Gasteiger partial charge in [0.1, 0.15) is 0 Å². The van der Waals surface area contributed by atoms with E-state index in [-0.39, 0.29) is 0 Å². The molecule has 1 aromatic rings. The van der Waals surface area contributed by atoms with Gasteiger partial charge in [-0.05, 0) is 34.2 Å². The predicted octanol–water partition coefficient (Wildman–Crippen LogP) is 2.19. The van der Waals surface area contributed by atoms with E-state index >= 15 is 0 Å². The van der Waals surface area contributed by atoms with E-state index in [4.69, 9.17) is 0 Å². The van der Waals surface area contributed by atoms with Crippen molar-refractivity contribution < 1.29 is 0 Å². The van der Waals surface area contributed by atoms with Crippen LogP contribution in [-0.2, 0) is 0 Å². The molecule has 3 nitrogen and oxygen atoms in total. The summed E-state index contributed by atoms with van der Waals surface area (Å²) in [5.41, 5.74) is 1.18. The lowest BCUT2D eigenvalue weighted by Gasteiger charge is -2.17. The number of hydrogen-bond acceptors (Lipinski definition) is 4. The molecule has 2 rings (SSSR count). The standard InChI is InChI=1S/C12H21N3S/c1-8-5-11(6-15(8)4)13-9(2)12-7-16-10(3)14-12/h7-9,11,13H,5-6H2,1-4H3. The summed E-state index contributed by atoms with van der Waals surface area (Å²) >= 11 is 1.73. The molecule has 0 amide bonds. The molecule has 1 aromatic heterocycles. The molecule has 1 saturated heterocycles. The van der Waals surface area contributed by atoms with E-state index in [0.717, 1.165) is 11.6 Å². The Labute approximate surface area is 102 Å². The van der Waals surface area contributed by atoms with Crippen molar-refractivity contribution in [1.29, 1.82) is 0 Å². The van der Waals surface area contributed by atoms with Gasteiger partial charge < -0.3 is 10.2 Å². The normalized spacial score (nSPS) is 28.5. The van der Waals surface area contributed by atoms with Crippen LogP contribution >= 0.6 is 11.3 Å². The van der Waals surface area contributed by atoms with Gasteiger partial charge in [0.05, 0.1) is 10.7 Å². The van der Waals surface area contributed by atoms with Gasteiger partial charge in [-0.1, -0.05) is 0 Å². The Morgan fingerprint density at radius 1 is 1.62 bits per heavy atom. The third-order valence-electron chi connectivity index (χ3n) is 3.45. The lowest BCUT2D eigenvalue weighted by Crippen LogP contribution is -2.33. The highest BCUT2D eigenvalue weighted by Gasteiger charge is 2.27. The van der Waals surface area contributed by atoms with Crippen LogP contribution in [-0.4, -0.2) is 35.6 Å². The number of rotatable bonds is 3. The number of likely N-dealkylation sites (N-methyl/N-ethyl adjacent to an activating group) is 1. The van der Waals surface area contributed by atoms with Crippen molar-refractivity contribution in [2.24, 2.45) is 0 Å². The Hall–Kier alpha value is -0.450. The molecule has 4 heteroatoms. The average Bonchev–Trinajstić information content (AvgIpc) is 2.75. The maximum atomic E-state index is 4.53. The Kier molecular flexibility index (Phi) is 3.62. The lowest BCUT2D eigenvalue weighted by molar-refractivity contribution is 0.325. The topological polar surface area (TPSA) is 28.2 Å². The molecule has 90 valence electrons. The summed E-state index contributed by atoms with van der Waals surface area (Å²) in [6, 6.07) is 1.67. The number of thiazole rings is 1. The van der Waals surface area contributed by atoms with E-state index in [1.54, 1.807) is 11.3 Å². The summed E-state index contributed by atoms with van der Waals surface area (Å²) in [5.74, 6) is 0. The van der Waals surface area contributed by atoms with Crippen LogP contribution in [0.15, 0.2) is 5.38 Å². The minimum Gasteiger partial charge on any atom is -0.305 e. The van der Waals surface area contributed by atoms with Crippen molar-refractivity contribution in [3.8, 4) is 0 Å². The molecule has 0 radical (unpaired) electrons. The zero-order valence-electron chi connectivity index (χ0n) is 10.5. The van der Waals surface area contributed by atoms with Crippen molar-refractivity contribution in [3.63, 3.8) is 0 Å². The van der Waals surface area contributed by atoms with Crippen LogP contribution in [0.2, 0.25) is 0 Å². The van der Waals surface area contributed by atoms with Crippen molar-refractivity contribution in [2.75, 3.05) is 13.6 Å². The van der Waals surface area contributed by atoms with Gasteiger partial charge in [0.15, 0.2) is 0 Å². The monoisotopic (exact) mass is 239 g/mol. The van der Waals surface area contributed by atoms with E-state index in [9.17, 15) is 0 Å². The largest absolute Gasteiger partial charge is 0.305 e. The number of nitrogens with one attached hydrogen (secondary N) is 1. The van der Waals surface area contributed by atoms with Crippen LogP contribution in [0.4, 0.5) is 0 Å². The first-order valence-electron chi connectivity index (χ1n) is 5.94.